The lowest BCUT2D eigenvalue weighted by molar-refractivity contribution is 0.143. The van der Waals surface area contributed by atoms with Crippen LogP contribution in [0.15, 0.2) is 23.1 Å². The van der Waals surface area contributed by atoms with Crippen molar-refractivity contribution in [2.45, 2.75) is 63.4 Å². The molecule has 0 saturated heterocycles. The normalized spacial score (nSPS) is 31.7. The van der Waals surface area contributed by atoms with E-state index in [2.05, 4.69) is 26.1 Å². The van der Waals surface area contributed by atoms with Crippen molar-refractivity contribution in [1.29, 1.82) is 0 Å². The summed E-state index contributed by atoms with van der Waals surface area (Å²) < 4.78 is 13.6. The van der Waals surface area contributed by atoms with Gasteiger partial charge in [-0.25, -0.2) is 4.39 Å². The molecular formula is C18H26FNS. The first kappa shape index (κ1) is 15.4. The van der Waals surface area contributed by atoms with Gasteiger partial charge in [-0.15, -0.1) is 11.8 Å². The second-order valence-electron chi connectivity index (χ2n) is 7.65. The molecule has 3 heteroatoms. The Labute approximate surface area is 132 Å². The van der Waals surface area contributed by atoms with Crippen LogP contribution >= 0.6 is 11.8 Å². The van der Waals surface area contributed by atoms with Gasteiger partial charge >= 0.3 is 0 Å². The first-order valence-corrected chi connectivity index (χ1v) is 9.10. The monoisotopic (exact) mass is 307 g/mol. The molecule has 3 rings (SSSR count). The van der Waals surface area contributed by atoms with E-state index in [1.807, 2.05) is 17.8 Å². The van der Waals surface area contributed by atoms with Crippen LogP contribution in [0, 0.1) is 17.2 Å². The Morgan fingerprint density at radius 3 is 2.86 bits per heavy atom. The van der Waals surface area contributed by atoms with Gasteiger partial charge in [0.15, 0.2) is 0 Å². The Bertz CT molecular complexity index is 514. The third-order valence-corrected chi connectivity index (χ3v) is 5.96. The molecule has 3 atom stereocenters. The van der Waals surface area contributed by atoms with Crippen molar-refractivity contribution in [3.63, 3.8) is 0 Å². The smallest absolute Gasteiger partial charge is 0.123 e. The summed E-state index contributed by atoms with van der Waals surface area (Å²) in [7, 11) is 0. The minimum absolute atomic E-state index is 0.111. The van der Waals surface area contributed by atoms with E-state index in [4.69, 9.17) is 0 Å². The van der Waals surface area contributed by atoms with Gasteiger partial charge in [-0.1, -0.05) is 20.8 Å². The van der Waals surface area contributed by atoms with Crippen LogP contribution in [0.25, 0.3) is 0 Å². The molecule has 1 fully saturated rings. The van der Waals surface area contributed by atoms with E-state index in [1.54, 1.807) is 12.1 Å². The fraction of sp³-hybridized carbons (Fsp3) is 0.667. The highest BCUT2D eigenvalue weighted by Crippen LogP contribution is 2.41. The van der Waals surface area contributed by atoms with Gasteiger partial charge in [-0.05, 0) is 66.5 Å². The quantitative estimate of drug-likeness (QED) is 0.809. The van der Waals surface area contributed by atoms with Crippen molar-refractivity contribution in [3.05, 3.63) is 29.6 Å². The fourth-order valence-corrected chi connectivity index (χ4v) is 5.40. The molecule has 0 radical (unpaired) electrons. The van der Waals surface area contributed by atoms with Crippen LogP contribution in [-0.2, 0) is 0 Å². The lowest BCUT2D eigenvalue weighted by atomic mass is 9.70. The number of fused-ring (bicyclic) bond motifs is 1. The van der Waals surface area contributed by atoms with Crippen LogP contribution in [-0.4, -0.2) is 11.8 Å². The molecule has 1 aromatic rings. The molecule has 1 N–H and O–H groups in total. The number of benzene rings is 1. The van der Waals surface area contributed by atoms with Crippen LogP contribution in [0.3, 0.4) is 0 Å². The third kappa shape index (κ3) is 3.62. The maximum atomic E-state index is 13.6. The molecular weight excluding hydrogens is 281 g/mol. The van der Waals surface area contributed by atoms with Crippen LogP contribution in [0.2, 0.25) is 0 Å². The average molecular weight is 307 g/mol. The summed E-state index contributed by atoms with van der Waals surface area (Å²) in [6, 6.07) is 6.14. The summed E-state index contributed by atoms with van der Waals surface area (Å²) >= 11 is 1.86. The Morgan fingerprint density at radius 1 is 1.29 bits per heavy atom. The Morgan fingerprint density at radius 2 is 2.10 bits per heavy atom. The van der Waals surface area contributed by atoms with Crippen LogP contribution in [0.5, 0.6) is 0 Å². The van der Waals surface area contributed by atoms with Crippen molar-refractivity contribution in [2.75, 3.05) is 5.75 Å². The topological polar surface area (TPSA) is 12.0 Å². The maximum absolute atomic E-state index is 13.6. The second kappa shape index (κ2) is 5.92. The van der Waals surface area contributed by atoms with Crippen LogP contribution in [0.4, 0.5) is 4.39 Å². The molecule has 0 aromatic heterocycles. The molecule has 0 amide bonds. The van der Waals surface area contributed by atoms with E-state index in [0.29, 0.717) is 17.5 Å². The molecule has 0 bridgehead atoms. The molecule has 116 valence electrons. The van der Waals surface area contributed by atoms with Crippen LogP contribution in [0.1, 0.15) is 58.1 Å². The molecule has 1 nitrogen and oxygen atoms in total. The number of rotatable bonds is 2. The lowest BCUT2D eigenvalue weighted by Gasteiger charge is -2.41. The van der Waals surface area contributed by atoms with Crippen molar-refractivity contribution >= 4 is 11.8 Å². The third-order valence-electron chi connectivity index (χ3n) is 4.84. The van der Waals surface area contributed by atoms with E-state index in [9.17, 15) is 4.39 Å². The van der Waals surface area contributed by atoms with Crippen molar-refractivity contribution in [3.8, 4) is 0 Å². The minimum Gasteiger partial charge on any atom is -0.307 e. The molecule has 1 saturated carbocycles. The van der Waals surface area contributed by atoms with Gasteiger partial charge in [0.25, 0.3) is 0 Å². The number of hydrogen-bond donors (Lipinski definition) is 1. The van der Waals surface area contributed by atoms with Gasteiger partial charge in [0.1, 0.15) is 5.82 Å². The predicted molar refractivity (Wildman–Crippen MR) is 88.2 cm³/mol. The molecule has 3 unspecified atom stereocenters. The fourth-order valence-electron chi connectivity index (χ4n) is 4.30. The zero-order valence-corrected chi connectivity index (χ0v) is 14.1. The zero-order chi connectivity index (χ0) is 15.0. The van der Waals surface area contributed by atoms with Gasteiger partial charge in [-0.2, -0.15) is 0 Å². The summed E-state index contributed by atoms with van der Waals surface area (Å²) in [6.45, 7) is 7.11. The van der Waals surface area contributed by atoms with Gasteiger partial charge in [-0.3, -0.25) is 0 Å². The highest BCUT2D eigenvalue weighted by Gasteiger charge is 2.33. The van der Waals surface area contributed by atoms with Crippen molar-refractivity contribution < 1.29 is 4.39 Å². The van der Waals surface area contributed by atoms with Gasteiger partial charge in [0, 0.05) is 17.0 Å². The number of nitrogens with one attached hydrogen (secondary N) is 1. The van der Waals surface area contributed by atoms with Gasteiger partial charge < -0.3 is 5.32 Å². The zero-order valence-electron chi connectivity index (χ0n) is 13.3. The lowest BCUT2D eigenvalue weighted by Crippen LogP contribution is -2.42. The molecule has 1 aromatic carbocycles. The molecule has 2 aliphatic rings. The van der Waals surface area contributed by atoms with Crippen LogP contribution < -0.4 is 5.32 Å². The molecule has 1 aliphatic heterocycles. The summed E-state index contributed by atoms with van der Waals surface area (Å²) in [6.07, 6.45) is 4.90. The predicted octanol–water partition coefficient (Wildman–Crippen LogP) is 5.17. The summed E-state index contributed by atoms with van der Waals surface area (Å²) in [4.78, 5) is 1.25. The Balaban J connectivity index is 1.76. The average Bonchev–Trinajstić information content (AvgIpc) is 2.37. The standard InChI is InChI=1S/C18H26FNS/c1-12-8-14(11-18(2,3)10-12)20-16-6-7-21-17-5-4-13(19)9-15(16)17/h4-5,9,12,14,16,20H,6-8,10-11H2,1-3H3. The minimum atomic E-state index is -0.111. The summed E-state index contributed by atoms with van der Waals surface area (Å²) in [5.41, 5.74) is 1.59. The second-order valence-corrected chi connectivity index (χ2v) is 8.79. The van der Waals surface area contributed by atoms with Crippen molar-refractivity contribution in [1.82, 2.24) is 5.32 Å². The number of thioether (sulfide) groups is 1. The van der Waals surface area contributed by atoms with Gasteiger partial charge in [0.05, 0.1) is 0 Å². The van der Waals surface area contributed by atoms with E-state index < -0.39 is 0 Å². The summed E-state index contributed by atoms with van der Waals surface area (Å²) in [5, 5.41) is 3.85. The number of halogens is 1. The van der Waals surface area contributed by atoms with Crippen molar-refractivity contribution in [2.24, 2.45) is 11.3 Å². The molecule has 21 heavy (non-hydrogen) atoms. The first-order chi connectivity index (χ1) is 9.93. The van der Waals surface area contributed by atoms with E-state index in [-0.39, 0.29) is 5.82 Å². The Kier molecular flexibility index (Phi) is 4.33. The van der Waals surface area contributed by atoms with E-state index >= 15 is 0 Å². The highest BCUT2D eigenvalue weighted by atomic mass is 32.2. The first-order valence-electron chi connectivity index (χ1n) is 8.11. The van der Waals surface area contributed by atoms with E-state index in [0.717, 1.165) is 18.1 Å². The molecule has 1 aliphatic carbocycles. The summed E-state index contributed by atoms with van der Waals surface area (Å²) in [5.74, 6) is 1.79. The molecule has 0 spiro atoms. The highest BCUT2D eigenvalue weighted by molar-refractivity contribution is 7.99. The SMILES string of the molecule is CC1CC(NC2CCSc3ccc(F)cc32)CC(C)(C)C1. The molecule has 1 heterocycles. The largest absolute Gasteiger partial charge is 0.307 e. The maximum Gasteiger partial charge on any atom is 0.123 e. The number of hydrogen-bond acceptors (Lipinski definition) is 2. The Hall–Kier alpha value is -0.540. The van der Waals surface area contributed by atoms with E-state index in [1.165, 1.54) is 29.7 Å². The van der Waals surface area contributed by atoms with Gasteiger partial charge in [0.2, 0.25) is 0 Å².